The Balaban J connectivity index is 2.26. The third-order valence-electron chi connectivity index (χ3n) is 1.57. The monoisotopic (exact) mass is 232 g/mol. The lowest BCUT2D eigenvalue weighted by Crippen LogP contribution is -2.33. The predicted octanol–water partition coefficient (Wildman–Crippen LogP) is -1.71. The molecule has 1 amide bonds. The zero-order valence-electron chi connectivity index (χ0n) is 7.96. The number of rotatable bonds is 5. The highest BCUT2D eigenvalue weighted by Crippen LogP contribution is 1.84. The summed E-state index contributed by atoms with van der Waals surface area (Å²) in [7, 11) is -3.52. The van der Waals surface area contributed by atoms with Crippen LogP contribution in [0.15, 0.2) is 18.5 Å². The van der Waals surface area contributed by atoms with E-state index < -0.39 is 10.0 Å². The first-order valence-electron chi connectivity index (χ1n) is 4.22. The SMILES string of the molecule is NS(=O)(=O)CCNC(=O)Cn1cccn1. The van der Waals surface area contributed by atoms with Gasteiger partial charge in [-0.1, -0.05) is 0 Å². The molecule has 84 valence electrons. The number of amides is 1. The van der Waals surface area contributed by atoms with E-state index in [-0.39, 0.29) is 24.7 Å². The molecule has 0 fully saturated rings. The van der Waals surface area contributed by atoms with Crippen molar-refractivity contribution in [2.24, 2.45) is 5.14 Å². The fourth-order valence-electron chi connectivity index (χ4n) is 0.930. The molecule has 8 heteroatoms. The van der Waals surface area contributed by atoms with Gasteiger partial charge in [0.05, 0.1) is 5.75 Å². The van der Waals surface area contributed by atoms with Crippen molar-refractivity contribution >= 4 is 15.9 Å². The Labute approximate surface area is 87.3 Å². The van der Waals surface area contributed by atoms with Gasteiger partial charge in [-0.3, -0.25) is 9.48 Å². The summed E-state index contributed by atoms with van der Waals surface area (Å²) in [6, 6.07) is 1.69. The van der Waals surface area contributed by atoms with Crippen LogP contribution in [0.2, 0.25) is 0 Å². The highest BCUT2D eigenvalue weighted by atomic mass is 32.2. The van der Waals surface area contributed by atoms with Crippen molar-refractivity contribution in [3.63, 3.8) is 0 Å². The van der Waals surface area contributed by atoms with E-state index in [2.05, 4.69) is 10.4 Å². The molecule has 1 aromatic rings. The largest absolute Gasteiger partial charge is 0.353 e. The van der Waals surface area contributed by atoms with Crippen LogP contribution in [0, 0.1) is 0 Å². The molecule has 0 saturated carbocycles. The predicted molar refractivity (Wildman–Crippen MR) is 53.2 cm³/mol. The van der Waals surface area contributed by atoms with Crippen molar-refractivity contribution in [1.29, 1.82) is 0 Å². The van der Waals surface area contributed by atoms with E-state index in [9.17, 15) is 13.2 Å². The molecule has 0 aliphatic carbocycles. The van der Waals surface area contributed by atoms with E-state index in [0.29, 0.717) is 0 Å². The number of sulfonamides is 1. The van der Waals surface area contributed by atoms with Crippen LogP contribution >= 0.6 is 0 Å². The summed E-state index contributed by atoms with van der Waals surface area (Å²) in [4.78, 5) is 11.2. The van der Waals surface area contributed by atoms with E-state index in [4.69, 9.17) is 5.14 Å². The number of primary sulfonamides is 1. The van der Waals surface area contributed by atoms with Crippen molar-refractivity contribution in [1.82, 2.24) is 15.1 Å². The van der Waals surface area contributed by atoms with E-state index in [0.717, 1.165) is 0 Å². The Morgan fingerprint density at radius 3 is 2.80 bits per heavy atom. The lowest BCUT2D eigenvalue weighted by atomic mass is 10.5. The number of nitrogens with two attached hydrogens (primary N) is 1. The van der Waals surface area contributed by atoms with E-state index in [1.807, 2.05) is 0 Å². The Morgan fingerprint density at radius 1 is 1.53 bits per heavy atom. The molecule has 3 N–H and O–H groups in total. The third kappa shape index (κ3) is 5.13. The second-order valence-corrected chi connectivity index (χ2v) is 4.65. The van der Waals surface area contributed by atoms with E-state index in [1.54, 1.807) is 18.5 Å². The zero-order valence-corrected chi connectivity index (χ0v) is 8.77. The number of nitrogens with zero attached hydrogens (tertiary/aromatic N) is 2. The van der Waals surface area contributed by atoms with Gasteiger partial charge in [-0.25, -0.2) is 13.6 Å². The maximum Gasteiger partial charge on any atom is 0.241 e. The quantitative estimate of drug-likeness (QED) is 0.630. The van der Waals surface area contributed by atoms with Gasteiger partial charge in [0.25, 0.3) is 0 Å². The number of hydrogen-bond acceptors (Lipinski definition) is 4. The van der Waals surface area contributed by atoms with Crippen molar-refractivity contribution in [2.75, 3.05) is 12.3 Å². The van der Waals surface area contributed by atoms with Gasteiger partial charge >= 0.3 is 0 Å². The highest BCUT2D eigenvalue weighted by molar-refractivity contribution is 7.89. The lowest BCUT2D eigenvalue weighted by molar-refractivity contribution is -0.121. The molecule has 0 bridgehead atoms. The third-order valence-corrected chi connectivity index (χ3v) is 2.35. The van der Waals surface area contributed by atoms with E-state index >= 15 is 0 Å². The number of carbonyl (C=O) groups is 1. The van der Waals surface area contributed by atoms with Crippen LogP contribution < -0.4 is 10.5 Å². The van der Waals surface area contributed by atoms with E-state index in [1.165, 1.54) is 4.68 Å². The minimum Gasteiger partial charge on any atom is -0.353 e. The number of nitrogens with one attached hydrogen (secondary N) is 1. The summed E-state index contributed by atoms with van der Waals surface area (Å²) in [6.07, 6.45) is 3.19. The molecule has 0 unspecified atom stereocenters. The van der Waals surface area contributed by atoms with Gasteiger partial charge in [0.1, 0.15) is 6.54 Å². The average molecular weight is 232 g/mol. The van der Waals surface area contributed by atoms with Gasteiger partial charge in [-0.15, -0.1) is 0 Å². The van der Waals surface area contributed by atoms with Crippen molar-refractivity contribution in [3.8, 4) is 0 Å². The maximum atomic E-state index is 11.2. The molecule has 0 saturated heterocycles. The molecule has 0 spiro atoms. The zero-order chi connectivity index (χ0) is 11.3. The molecule has 0 aliphatic heterocycles. The molecule has 1 rings (SSSR count). The summed E-state index contributed by atoms with van der Waals surface area (Å²) < 4.78 is 22.5. The van der Waals surface area contributed by atoms with Crippen LogP contribution in [-0.2, 0) is 21.4 Å². The molecule has 7 nitrogen and oxygen atoms in total. The van der Waals surface area contributed by atoms with Crippen LogP contribution in [0.3, 0.4) is 0 Å². The summed E-state index contributed by atoms with van der Waals surface area (Å²) in [6.45, 7) is 0.0799. The minimum absolute atomic E-state index is 0.0128. The van der Waals surface area contributed by atoms with Gasteiger partial charge in [-0.2, -0.15) is 5.10 Å². The van der Waals surface area contributed by atoms with Crippen molar-refractivity contribution in [3.05, 3.63) is 18.5 Å². The van der Waals surface area contributed by atoms with Gasteiger partial charge in [0.15, 0.2) is 0 Å². The van der Waals surface area contributed by atoms with Crippen LogP contribution in [0.1, 0.15) is 0 Å². The molecule has 1 heterocycles. The van der Waals surface area contributed by atoms with Crippen LogP contribution in [-0.4, -0.2) is 36.4 Å². The summed E-state index contributed by atoms with van der Waals surface area (Å²) >= 11 is 0. The Kier molecular flexibility index (Phi) is 3.81. The first-order valence-corrected chi connectivity index (χ1v) is 5.93. The van der Waals surface area contributed by atoms with Gasteiger partial charge in [-0.05, 0) is 6.07 Å². The highest BCUT2D eigenvalue weighted by Gasteiger charge is 2.05. The summed E-state index contributed by atoms with van der Waals surface area (Å²) in [5.74, 6) is -0.569. The Hall–Kier alpha value is -1.41. The number of hydrogen-bond donors (Lipinski definition) is 2. The molecule has 0 atom stereocenters. The van der Waals surface area contributed by atoms with Gasteiger partial charge in [0.2, 0.25) is 15.9 Å². The second kappa shape index (κ2) is 4.89. The Bertz CT molecular complexity index is 411. The lowest BCUT2D eigenvalue weighted by Gasteiger charge is -2.03. The van der Waals surface area contributed by atoms with Gasteiger partial charge < -0.3 is 5.32 Å². The van der Waals surface area contributed by atoms with Crippen molar-refractivity contribution < 1.29 is 13.2 Å². The first kappa shape index (κ1) is 11.7. The molecule has 1 aromatic heterocycles. The van der Waals surface area contributed by atoms with Crippen LogP contribution in [0.25, 0.3) is 0 Å². The standard InChI is InChI=1S/C7H12N4O3S/c8-15(13,14)5-3-9-7(12)6-11-4-1-2-10-11/h1-2,4H,3,5-6H2,(H,9,12)(H2,8,13,14). The fraction of sp³-hybridized carbons (Fsp3) is 0.429. The average Bonchev–Trinajstić information content (AvgIpc) is 2.54. The second-order valence-electron chi connectivity index (χ2n) is 2.92. The van der Waals surface area contributed by atoms with Crippen LogP contribution in [0.5, 0.6) is 0 Å². The molecule has 0 radical (unpaired) electrons. The molecular formula is C7H12N4O3S. The number of carbonyl (C=O) groups excluding carboxylic acids is 1. The molecule has 15 heavy (non-hydrogen) atoms. The normalized spacial score (nSPS) is 11.3. The first-order chi connectivity index (χ1) is 6.97. The molecule has 0 aliphatic rings. The van der Waals surface area contributed by atoms with Crippen molar-refractivity contribution in [2.45, 2.75) is 6.54 Å². The smallest absolute Gasteiger partial charge is 0.241 e. The topological polar surface area (TPSA) is 107 Å². The molecule has 0 aromatic carbocycles. The minimum atomic E-state index is -3.52. The van der Waals surface area contributed by atoms with Crippen LogP contribution in [0.4, 0.5) is 0 Å². The maximum absolute atomic E-state index is 11.2. The Morgan fingerprint density at radius 2 is 2.27 bits per heavy atom. The molecular weight excluding hydrogens is 220 g/mol. The fourth-order valence-corrected chi connectivity index (χ4v) is 1.32. The van der Waals surface area contributed by atoms with Gasteiger partial charge in [0, 0.05) is 18.9 Å². The summed E-state index contributed by atoms with van der Waals surface area (Å²) in [5.41, 5.74) is 0. The summed E-state index contributed by atoms with van der Waals surface area (Å²) in [5, 5.41) is 11.0. The number of aromatic nitrogens is 2.